The first-order valence-electron chi connectivity index (χ1n) is 12.1. The van der Waals surface area contributed by atoms with Gasteiger partial charge < -0.3 is 14.7 Å². The predicted molar refractivity (Wildman–Crippen MR) is 114 cm³/mol. The molecule has 0 aromatic rings. The number of carbonyl (C=O) groups is 1. The zero-order valence-corrected chi connectivity index (χ0v) is 18.2. The Morgan fingerprint density at radius 3 is 2.32 bits per heavy atom. The Labute approximate surface area is 172 Å². The van der Waals surface area contributed by atoms with Gasteiger partial charge in [0.05, 0.1) is 6.54 Å². The van der Waals surface area contributed by atoms with E-state index >= 15 is 0 Å². The van der Waals surface area contributed by atoms with Crippen LogP contribution in [0.15, 0.2) is 0 Å². The Hall–Kier alpha value is -0.650. The van der Waals surface area contributed by atoms with Gasteiger partial charge in [-0.05, 0) is 51.1 Å². The Morgan fingerprint density at radius 2 is 1.57 bits per heavy atom. The largest absolute Gasteiger partial charge is 0.341 e. The van der Waals surface area contributed by atoms with Crippen LogP contribution < -0.4 is 0 Å². The van der Waals surface area contributed by atoms with Crippen molar-refractivity contribution in [3.8, 4) is 0 Å². The summed E-state index contributed by atoms with van der Waals surface area (Å²) in [6, 6.07) is 0. The highest BCUT2D eigenvalue weighted by molar-refractivity contribution is 5.78. The molecule has 1 unspecified atom stereocenters. The second-order valence-corrected chi connectivity index (χ2v) is 10.1. The van der Waals surface area contributed by atoms with Crippen LogP contribution in [0.3, 0.4) is 0 Å². The molecular formula is C23H42N4O. The van der Waals surface area contributed by atoms with E-state index in [1.165, 1.54) is 71.0 Å². The molecule has 1 atom stereocenters. The highest BCUT2D eigenvalue weighted by Gasteiger charge is 2.43. The van der Waals surface area contributed by atoms with Crippen LogP contribution in [0, 0.1) is 11.3 Å². The average Bonchev–Trinajstić information content (AvgIpc) is 3.12. The number of likely N-dealkylation sites (N-methyl/N-ethyl adjacent to an activating group) is 1. The number of hydrogen-bond acceptors (Lipinski definition) is 4. The van der Waals surface area contributed by atoms with Crippen molar-refractivity contribution in [3.63, 3.8) is 0 Å². The van der Waals surface area contributed by atoms with E-state index in [4.69, 9.17) is 0 Å². The van der Waals surface area contributed by atoms with E-state index < -0.39 is 0 Å². The van der Waals surface area contributed by atoms with Gasteiger partial charge in [0.15, 0.2) is 0 Å². The second-order valence-electron chi connectivity index (χ2n) is 10.1. The Bertz CT molecular complexity index is 513. The molecule has 4 fully saturated rings. The van der Waals surface area contributed by atoms with E-state index in [9.17, 15) is 4.79 Å². The van der Waals surface area contributed by atoms with Gasteiger partial charge in [-0.15, -0.1) is 0 Å². The summed E-state index contributed by atoms with van der Waals surface area (Å²) in [6.07, 6.45) is 11.1. The summed E-state index contributed by atoms with van der Waals surface area (Å²) in [5, 5.41) is 0. The van der Waals surface area contributed by atoms with Gasteiger partial charge in [-0.1, -0.05) is 26.2 Å². The van der Waals surface area contributed by atoms with Crippen LogP contribution in [-0.4, -0.2) is 97.5 Å². The van der Waals surface area contributed by atoms with E-state index in [1.54, 1.807) is 0 Å². The second kappa shape index (κ2) is 9.44. The zero-order chi connectivity index (χ0) is 19.4. The molecule has 1 spiro atoms. The quantitative estimate of drug-likeness (QED) is 0.722. The van der Waals surface area contributed by atoms with Crippen LogP contribution in [0.25, 0.3) is 0 Å². The lowest BCUT2D eigenvalue weighted by molar-refractivity contribution is -0.132. The smallest absolute Gasteiger partial charge is 0.236 e. The van der Waals surface area contributed by atoms with Crippen molar-refractivity contribution >= 4 is 5.91 Å². The summed E-state index contributed by atoms with van der Waals surface area (Å²) in [7, 11) is 0. The monoisotopic (exact) mass is 390 g/mol. The first-order chi connectivity index (χ1) is 13.7. The molecule has 1 aliphatic carbocycles. The van der Waals surface area contributed by atoms with Gasteiger partial charge in [0.1, 0.15) is 0 Å². The number of carbonyl (C=O) groups excluding carboxylic acids is 1. The lowest BCUT2D eigenvalue weighted by atomic mass is 9.78. The molecule has 5 nitrogen and oxygen atoms in total. The van der Waals surface area contributed by atoms with Crippen molar-refractivity contribution in [1.29, 1.82) is 0 Å². The Kier molecular flexibility index (Phi) is 6.95. The molecule has 1 saturated carbocycles. The molecular weight excluding hydrogens is 348 g/mol. The van der Waals surface area contributed by atoms with E-state index in [0.29, 0.717) is 17.9 Å². The van der Waals surface area contributed by atoms with Crippen LogP contribution in [-0.2, 0) is 4.79 Å². The lowest BCUT2D eigenvalue weighted by Gasteiger charge is -2.42. The van der Waals surface area contributed by atoms with Crippen LogP contribution in [0.5, 0.6) is 0 Å². The number of piperazine rings is 1. The maximum atomic E-state index is 12.9. The van der Waals surface area contributed by atoms with Gasteiger partial charge in [-0.3, -0.25) is 9.69 Å². The van der Waals surface area contributed by atoms with Crippen LogP contribution >= 0.6 is 0 Å². The van der Waals surface area contributed by atoms with Crippen LogP contribution in [0.1, 0.15) is 58.3 Å². The zero-order valence-electron chi connectivity index (χ0n) is 18.2. The Morgan fingerprint density at radius 1 is 0.821 bits per heavy atom. The van der Waals surface area contributed by atoms with Crippen molar-refractivity contribution in [2.24, 2.45) is 11.3 Å². The van der Waals surface area contributed by atoms with Crippen molar-refractivity contribution in [2.45, 2.75) is 58.3 Å². The molecule has 3 heterocycles. The van der Waals surface area contributed by atoms with Gasteiger partial charge in [0.25, 0.3) is 0 Å². The van der Waals surface area contributed by atoms with Crippen molar-refractivity contribution in [2.75, 3.05) is 72.0 Å². The summed E-state index contributed by atoms with van der Waals surface area (Å²) in [6.45, 7) is 14.2. The Balaban J connectivity index is 1.24. The summed E-state index contributed by atoms with van der Waals surface area (Å²) in [5.74, 6) is 1.32. The molecule has 1 amide bonds. The molecule has 0 N–H and O–H groups in total. The summed E-state index contributed by atoms with van der Waals surface area (Å²) < 4.78 is 0. The molecule has 5 heteroatoms. The molecule has 0 radical (unpaired) electrons. The molecule has 4 rings (SSSR count). The molecule has 28 heavy (non-hydrogen) atoms. The maximum absolute atomic E-state index is 12.9. The number of amides is 1. The van der Waals surface area contributed by atoms with Gasteiger partial charge in [-0.2, -0.15) is 0 Å². The van der Waals surface area contributed by atoms with Gasteiger partial charge in [0, 0.05) is 57.8 Å². The first-order valence-corrected chi connectivity index (χ1v) is 12.1. The molecule has 4 aliphatic rings. The normalized spacial score (nSPS) is 31.7. The number of rotatable bonds is 5. The third-order valence-electron chi connectivity index (χ3n) is 8.04. The van der Waals surface area contributed by atoms with E-state index in [0.717, 1.165) is 51.7 Å². The van der Waals surface area contributed by atoms with E-state index in [-0.39, 0.29) is 0 Å². The highest BCUT2D eigenvalue weighted by atomic mass is 16.2. The molecule has 3 saturated heterocycles. The van der Waals surface area contributed by atoms with Gasteiger partial charge in [-0.25, -0.2) is 0 Å². The van der Waals surface area contributed by atoms with Gasteiger partial charge >= 0.3 is 0 Å². The lowest BCUT2D eigenvalue weighted by Crippen LogP contribution is -2.50. The summed E-state index contributed by atoms with van der Waals surface area (Å²) >= 11 is 0. The molecule has 0 aromatic carbocycles. The summed E-state index contributed by atoms with van der Waals surface area (Å²) in [5.41, 5.74) is 0.392. The first kappa shape index (κ1) is 20.6. The minimum Gasteiger partial charge on any atom is -0.341 e. The van der Waals surface area contributed by atoms with Crippen molar-refractivity contribution < 1.29 is 4.79 Å². The highest BCUT2D eigenvalue weighted by Crippen LogP contribution is 2.39. The van der Waals surface area contributed by atoms with Crippen molar-refractivity contribution in [3.05, 3.63) is 0 Å². The third-order valence-corrected chi connectivity index (χ3v) is 8.04. The molecule has 0 aromatic heterocycles. The fourth-order valence-corrected chi connectivity index (χ4v) is 6.24. The maximum Gasteiger partial charge on any atom is 0.236 e. The number of hydrogen-bond donors (Lipinski definition) is 0. The average molecular weight is 391 g/mol. The SMILES string of the molecule is CCN1CCN(CC(=O)N2CCC3(CCCN(CC4CCCCC4)C3)C2)CC1. The predicted octanol–water partition coefficient (Wildman–Crippen LogP) is 2.52. The number of piperidine rings is 1. The van der Waals surface area contributed by atoms with Crippen LogP contribution in [0.4, 0.5) is 0 Å². The fourth-order valence-electron chi connectivity index (χ4n) is 6.24. The van der Waals surface area contributed by atoms with E-state index in [1.807, 2.05) is 0 Å². The third kappa shape index (κ3) is 5.09. The number of nitrogens with zero attached hydrogens (tertiary/aromatic N) is 4. The van der Waals surface area contributed by atoms with E-state index in [2.05, 4.69) is 26.5 Å². The van der Waals surface area contributed by atoms with Crippen LogP contribution in [0.2, 0.25) is 0 Å². The van der Waals surface area contributed by atoms with Gasteiger partial charge in [0.2, 0.25) is 5.91 Å². The number of likely N-dealkylation sites (tertiary alicyclic amines) is 2. The molecule has 3 aliphatic heterocycles. The van der Waals surface area contributed by atoms with Crippen molar-refractivity contribution in [1.82, 2.24) is 19.6 Å². The topological polar surface area (TPSA) is 30.0 Å². The minimum absolute atomic E-state index is 0.381. The standard InChI is InChI=1S/C23H42N4O/c1-2-24-13-15-25(16-14-24)18-22(28)27-12-10-23(20-27)9-6-11-26(19-23)17-21-7-4-3-5-8-21/h21H,2-20H2,1H3. The molecule has 0 bridgehead atoms. The fraction of sp³-hybridized carbons (Fsp3) is 0.957. The minimum atomic E-state index is 0.381. The summed E-state index contributed by atoms with van der Waals surface area (Å²) in [4.78, 5) is 22.8. The molecule has 160 valence electrons.